The molecule has 2 aromatic carbocycles. The van der Waals surface area contributed by atoms with Crippen molar-refractivity contribution in [3.8, 4) is 11.6 Å². The highest BCUT2D eigenvalue weighted by Gasteiger charge is 2.16. The Hall–Kier alpha value is -3.25. The molecule has 0 radical (unpaired) electrons. The molecule has 0 bridgehead atoms. The smallest absolute Gasteiger partial charge is 0.262 e. The first kappa shape index (κ1) is 16.2. The highest BCUT2D eigenvalue weighted by Crippen LogP contribution is 2.33. The summed E-state index contributed by atoms with van der Waals surface area (Å²) in [6.45, 7) is 1.95. The number of aromatic amines is 1. The van der Waals surface area contributed by atoms with Crippen LogP contribution in [-0.2, 0) is 0 Å². The highest BCUT2D eigenvalue weighted by molar-refractivity contribution is 7.71. The van der Waals surface area contributed by atoms with Gasteiger partial charge in [0.2, 0.25) is 5.88 Å². The van der Waals surface area contributed by atoms with Crippen molar-refractivity contribution in [1.82, 2.24) is 9.55 Å². The topological polar surface area (TPSA) is 70.4 Å². The van der Waals surface area contributed by atoms with Crippen LogP contribution in [0.3, 0.4) is 0 Å². The summed E-state index contributed by atoms with van der Waals surface area (Å²) in [5.74, 6) is -0.199. The fourth-order valence-electron chi connectivity index (χ4n) is 2.98. The molecule has 6 heteroatoms. The number of aliphatic imine (C=N–C) groups is 1. The molecular formula is C20H15N3O2S. The van der Waals surface area contributed by atoms with Crippen molar-refractivity contribution in [2.24, 2.45) is 4.99 Å². The second kappa shape index (κ2) is 6.24. The van der Waals surface area contributed by atoms with Gasteiger partial charge in [0, 0.05) is 17.4 Å². The van der Waals surface area contributed by atoms with Crippen LogP contribution in [-0.4, -0.2) is 20.9 Å². The summed E-state index contributed by atoms with van der Waals surface area (Å²) in [5, 5.41) is 10.8. The molecule has 0 aliphatic carbocycles. The van der Waals surface area contributed by atoms with Crippen LogP contribution < -0.4 is 5.56 Å². The number of hydrogen-bond acceptors (Lipinski definition) is 4. The molecule has 2 heterocycles. The van der Waals surface area contributed by atoms with Crippen LogP contribution in [0.2, 0.25) is 0 Å². The van der Waals surface area contributed by atoms with Gasteiger partial charge in [-0.25, -0.2) is 0 Å². The van der Waals surface area contributed by atoms with Crippen molar-refractivity contribution in [3.05, 3.63) is 80.3 Å². The number of allylic oxidation sites excluding steroid dienone is 1. The molecule has 4 rings (SSSR count). The Labute approximate surface area is 154 Å². The lowest BCUT2D eigenvalue weighted by Gasteiger charge is -2.12. The zero-order chi connectivity index (χ0) is 18.3. The molecule has 0 unspecified atom stereocenters. The molecule has 0 saturated carbocycles. The zero-order valence-corrected chi connectivity index (χ0v) is 14.7. The number of nitrogens with one attached hydrogen (secondary N) is 1. The van der Waals surface area contributed by atoms with E-state index in [1.54, 1.807) is 12.3 Å². The van der Waals surface area contributed by atoms with Crippen LogP contribution in [0, 0.1) is 11.7 Å². The van der Waals surface area contributed by atoms with Crippen LogP contribution in [0.15, 0.2) is 58.3 Å². The lowest BCUT2D eigenvalue weighted by atomic mass is 10.1. The predicted molar refractivity (Wildman–Crippen MR) is 106 cm³/mol. The molecule has 0 saturated heterocycles. The van der Waals surface area contributed by atoms with Crippen molar-refractivity contribution in [2.75, 3.05) is 0 Å². The molecule has 1 aliphatic heterocycles. The number of para-hydroxylation sites is 1. The van der Waals surface area contributed by atoms with Gasteiger partial charge in [-0.1, -0.05) is 30.3 Å². The summed E-state index contributed by atoms with van der Waals surface area (Å²) in [7, 11) is 0. The summed E-state index contributed by atoms with van der Waals surface area (Å²) < 4.78 is 1.59. The third kappa shape index (κ3) is 2.70. The second-order valence-electron chi connectivity index (χ2n) is 6.05. The third-order valence-corrected chi connectivity index (χ3v) is 4.52. The van der Waals surface area contributed by atoms with Crippen molar-refractivity contribution in [3.63, 3.8) is 0 Å². The number of fused-ring (bicyclic) bond motifs is 1. The number of rotatable bonds is 2. The quantitative estimate of drug-likeness (QED) is 0.673. The van der Waals surface area contributed by atoms with Gasteiger partial charge < -0.3 is 5.11 Å². The number of hydrogen-bond donors (Lipinski definition) is 2. The van der Waals surface area contributed by atoms with Gasteiger partial charge in [-0.2, -0.15) is 0 Å². The first-order valence-electron chi connectivity index (χ1n) is 8.05. The molecule has 0 amide bonds. The third-order valence-electron chi connectivity index (χ3n) is 4.24. The summed E-state index contributed by atoms with van der Waals surface area (Å²) >= 11 is 5.26. The van der Waals surface area contributed by atoms with Gasteiger partial charge in [-0.15, -0.1) is 0 Å². The Balaban J connectivity index is 1.93. The average Bonchev–Trinajstić information content (AvgIpc) is 3.01. The molecule has 1 aliphatic rings. The van der Waals surface area contributed by atoms with Crippen molar-refractivity contribution in [1.29, 1.82) is 0 Å². The Morgan fingerprint density at radius 1 is 1.19 bits per heavy atom. The molecule has 1 aromatic heterocycles. The minimum atomic E-state index is -0.443. The van der Waals surface area contributed by atoms with E-state index in [9.17, 15) is 9.90 Å². The minimum absolute atomic E-state index is 0.137. The van der Waals surface area contributed by atoms with E-state index < -0.39 is 5.56 Å². The number of benzene rings is 2. The first-order chi connectivity index (χ1) is 12.5. The van der Waals surface area contributed by atoms with Crippen molar-refractivity contribution >= 4 is 35.8 Å². The molecule has 0 atom stereocenters. The summed E-state index contributed by atoms with van der Waals surface area (Å²) in [6.07, 6.45) is 3.31. The Bertz CT molecular complexity index is 1200. The fourth-order valence-corrected chi connectivity index (χ4v) is 3.27. The van der Waals surface area contributed by atoms with Crippen molar-refractivity contribution < 1.29 is 5.11 Å². The largest absolute Gasteiger partial charge is 0.494 e. The zero-order valence-electron chi connectivity index (χ0n) is 13.9. The molecule has 0 spiro atoms. The minimum Gasteiger partial charge on any atom is -0.494 e. The highest BCUT2D eigenvalue weighted by atomic mass is 32.1. The number of aromatic nitrogens is 2. The van der Waals surface area contributed by atoms with E-state index in [1.165, 1.54) is 4.57 Å². The summed E-state index contributed by atoms with van der Waals surface area (Å²) in [6, 6.07) is 15.2. The van der Waals surface area contributed by atoms with Gasteiger partial charge in [-0.05, 0) is 49.0 Å². The van der Waals surface area contributed by atoms with E-state index in [-0.39, 0.29) is 16.2 Å². The average molecular weight is 361 g/mol. The van der Waals surface area contributed by atoms with E-state index in [1.807, 2.05) is 55.5 Å². The number of aryl methyl sites for hydroxylation is 1. The molecule has 3 aromatic rings. The Morgan fingerprint density at radius 2 is 2.00 bits per heavy atom. The van der Waals surface area contributed by atoms with Crippen LogP contribution in [0.25, 0.3) is 17.3 Å². The maximum absolute atomic E-state index is 12.4. The lowest BCUT2D eigenvalue weighted by Crippen LogP contribution is -2.16. The van der Waals surface area contributed by atoms with Gasteiger partial charge >= 0.3 is 0 Å². The molecular weight excluding hydrogens is 346 g/mol. The summed E-state index contributed by atoms with van der Waals surface area (Å²) in [5.41, 5.74) is 3.90. The van der Waals surface area contributed by atoms with Crippen LogP contribution in [0.1, 0.15) is 16.7 Å². The normalized spacial score (nSPS) is 14.0. The maximum atomic E-state index is 12.4. The van der Waals surface area contributed by atoms with E-state index in [0.717, 1.165) is 22.4 Å². The molecule has 5 nitrogen and oxygen atoms in total. The number of H-pyrrole nitrogens is 1. The molecule has 128 valence electrons. The van der Waals surface area contributed by atoms with Gasteiger partial charge in [0.1, 0.15) is 5.56 Å². The van der Waals surface area contributed by atoms with Gasteiger partial charge in [-0.3, -0.25) is 19.3 Å². The Morgan fingerprint density at radius 3 is 2.81 bits per heavy atom. The standard InChI is InChI=1S/C20H15N3O2S/c1-12-5-4-6-14(9-12)23-19(25)16(18(24)22-20(23)26)10-13-11-21-17-8-3-2-7-15(13)17/h2-11,25H,1H3,(H,22,24,26)/b13-10+. The van der Waals surface area contributed by atoms with Crippen LogP contribution in [0.5, 0.6) is 5.88 Å². The second-order valence-corrected chi connectivity index (χ2v) is 6.43. The maximum Gasteiger partial charge on any atom is 0.262 e. The SMILES string of the molecule is Cc1cccc(-n2c(O)c(/C=C3\C=Nc4ccccc43)c(=O)[nH]c2=S)c1. The van der Waals surface area contributed by atoms with Crippen LogP contribution >= 0.6 is 12.2 Å². The fraction of sp³-hybridized carbons (Fsp3) is 0.0500. The van der Waals surface area contributed by atoms with Gasteiger partial charge in [0.05, 0.1) is 11.4 Å². The molecule has 0 fully saturated rings. The van der Waals surface area contributed by atoms with Crippen LogP contribution in [0.4, 0.5) is 5.69 Å². The monoisotopic (exact) mass is 361 g/mol. The first-order valence-corrected chi connectivity index (χ1v) is 8.46. The lowest BCUT2D eigenvalue weighted by molar-refractivity contribution is 0.432. The predicted octanol–water partition coefficient (Wildman–Crippen LogP) is 4.17. The molecule has 2 N–H and O–H groups in total. The van der Waals surface area contributed by atoms with E-state index in [0.29, 0.717) is 5.69 Å². The number of nitrogens with zero attached hydrogens (tertiary/aromatic N) is 2. The van der Waals surface area contributed by atoms with Crippen molar-refractivity contribution in [2.45, 2.75) is 6.92 Å². The van der Waals surface area contributed by atoms with E-state index in [2.05, 4.69) is 9.98 Å². The van der Waals surface area contributed by atoms with E-state index >= 15 is 0 Å². The number of aromatic hydroxyl groups is 1. The Kier molecular flexibility index (Phi) is 3.89. The van der Waals surface area contributed by atoms with Gasteiger partial charge in [0.15, 0.2) is 4.77 Å². The van der Waals surface area contributed by atoms with E-state index in [4.69, 9.17) is 12.2 Å². The summed E-state index contributed by atoms with van der Waals surface area (Å²) in [4.78, 5) is 19.4. The van der Waals surface area contributed by atoms with Gasteiger partial charge in [0.25, 0.3) is 5.56 Å². The molecule has 26 heavy (non-hydrogen) atoms.